The first-order chi connectivity index (χ1) is 14.5. The summed E-state index contributed by atoms with van der Waals surface area (Å²) in [6, 6.07) is 14.6. The van der Waals surface area contributed by atoms with Gasteiger partial charge < -0.3 is 18.9 Å². The maximum absolute atomic E-state index is 6.68. The summed E-state index contributed by atoms with van der Waals surface area (Å²) >= 11 is 0. The molecule has 156 valence electrons. The first-order valence-corrected chi connectivity index (χ1v) is 10.7. The molecular weight excluding hydrogens is 380 g/mol. The van der Waals surface area contributed by atoms with E-state index in [9.17, 15) is 0 Å². The van der Waals surface area contributed by atoms with Crippen molar-refractivity contribution < 1.29 is 18.9 Å². The molecule has 4 heterocycles. The minimum Gasteiger partial charge on any atom is -0.486 e. The third kappa shape index (κ3) is 2.77. The number of hydrogen-bond acceptors (Lipinski definition) is 6. The Bertz CT molecular complexity index is 1030. The van der Waals surface area contributed by atoms with Crippen LogP contribution in [0.15, 0.2) is 47.6 Å². The van der Waals surface area contributed by atoms with Gasteiger partial charge in [-0.25, -0.2) is 5.01 Å². The average Bonchev–Trinajstić information content (AvgIpc) is 3.20. The molecule has 2 aromatic rings. The molecule has 4 aliphatic rings. The van der Waals surface area contributed by atoms with E-state index >= 15 is 0 Å². The summed E-state index contributed by atoms with van der Waals surface area (Å²) in [6.45, 7) is 6.10. The third-order valence-corrected chi connectivity index (χ3v) is 6.47. The minimum atomic E-state index is -0.490. The summed E-state index contributed by atoms with van der Waals surface area (Å²) in [5.74, 6) is 2.57. The van der Waals surface area contributed by atoms with E-state index in [1.807, 2.05) is 12.1 Å². The van der Waals surface area contributed by atoms with Gasteiger partial charge in [0.05, 0.1) is 24.0 Å². The summed E-state index contributed by atoms with van der Waals surface area (Å²) in [5.41, 5.74) is 2.58. The SMILES string of the molecule is CC1(C)C[C@@]2(CCO1)Oc1ccccc1[C@H]1CC(c3ccc4c(c3)OCCO4)=NN12. The van der Waals surface area contributed by atoms with Crippen LogP contribution in [0.5, 0.6) is 17.2 Å². The quantitative estimate of drug-likeness (QED) is 0.707. The lowest BCUT2D eigenvalue weighted by molar-refractivity contribution is -0.212. The lowest BCUT2D eigenvalue weighted by Gasteiger charge is -2.52. The number of para-hydroxylation sites is 1. The lowest BCUT2D eigenvalue weighted by atomic mass is 9.86. The maximum Gasteiger partial charge on any atom is 0.203 e. The Hall–Kier alpha value is -2.73. The van der Waals surface area contributed by atoms with Crippen molar-refractivity contribution in [3.8, 4) is 17.2 Å². The molecule has 0 radical (unpaired) electrons. The highest BCUT2D eigenvalue weighted by Crippen LogP contribution is 2.52. The lowest BCUT2D eigenvalue weighted by Crippen LogP contribution is -2.60. The standard InChI is InChI=1S/C24H26N2O4/c1-23(2)15-24(9-10-29-23)26-19(17-5-3-4-6-20(17)30-24)14-18(25-26)16-7-8-21-22(13-16)28-12-11-27-21/h3-8,13,19H,9-12,14-15H2,1-2H3/t19-,24-/m1/s1. The van der Waals surface area contributed by atoms with Gasteiger partial charge in [-0.2, -0.15) is 5.10 Å². The second kappa shape index (κ2) is 6.38. The van der Waals surface area contributed by atoms with E-state index in [4.69, 9.17) is 24.0 Å². The van der Waals surface area contributed by atoms with Gasteiger partial charge in [0, 0.05) is 30.4 Å². The van der Waals surface area contributed by atoms with Crippen LogP contribution < -0.4 is 14.2 Å². The van der Waals surface area contributed by atoms with Crippen molar-refractivity contribution in [3.05, 3.63) is 53.6 Å². The fourth-order valence-electron chi connectivity index (χ4n) is 5.20. The summed E-state index contributed by atoms with van der Waals surface area (Å²) < 4.78 is 24.2. The van der Waals surface area contributed by atoms with Crippen LogP contribution >= 0.6 is 0 Å². The number of hydrogen-bond donors (Lipinski definition) is 0. The predicted octanol–water partition coefficient (Wildman–Crippen LogP) is 4.29. The van der Waals surface area contributed by atoms with Crippen LogP contribution in [0.3, 0.4) is 0 Å². The second-order valence-corrected chi connectivity index (χ2v) is 9.09. The largest absolute Gasteiger partial charge is 0.486 e. The highest BCUT2D eigenvalue weighted by atomic mass is 16.6. The van der Waals surface area contributed by atoms with Crippen molar-refractivity contribution in [3.63, 3.8) is 0 Å². The Morgan fingerprint density at radius 2 is 1.80 bits per heavy atom. The van der Waals surface area contributed by atoms with Crippen molar-refractivity contribution in [2.45, 2.75) is 50.5 Å². The molecule has 2 aromatic carbocycles. The summed E-state index contributed by atoms with van der Waals surface area (Å²) in [5, 5.41) is 7.36. The van der Waals surface area contributed by atoms with Gasteiger partial charge in [0.1, 0.15) is 19.0 Å². The van der Waals surface area contributed by atoms with Gasteiger partial charge in [-0.3, -0.25) is 0 Å². The average molecular weight is 406 g/mol. The van der Waals surface area contributed by atoms with Gasteiger partial charge in [-0.05, 0) is 38.1 Å². The molecule has 0 aromatic heterocycles. The highest BCUT2D eigenvalue weighted by Gasteiger charge is 2.54. The Morgan fingerprint density at radius 1 is 0.967 bits per heavy atom. The van der Waals surface area contributed by atoms with Gasteiger partial charge in [0.2, 0.25) is 5.72 Å². The zero-order valence-electron chi connectivity index (χ0n) is 17.4. The maximum atomic E-state index is 6.68. The van der Waals surface area contributed by atoms with E-state index in [-0.39, 0.29) is 11.6 Å². The number of nitrogens with zero attached hydrogens (tertiary/aromatic N) is 2. The zero-order valence-corrected chi connectivity index (χ0v) is 17.4. The number of hydrazone groups is 1. The molecule has 30 heavy (non-hydrogen) atoms. The van der Waals surface area contributed by atoms with Crippen LogP contribution in [0.4, 0.5) is 0 Å². The molecule has 1 spiro atoms. The molecule has 1 saturated heterocycles. The first kappa shape index (κ1) is 18.1. The molecule has 0 amide bonds. The number of fused-ring (bicyclic) bond motifs is 5. The van der Waals surface area contributed by atoms with Gasteiger partial charge in [-0.1, -0.05) is 18.2 Å². The Balaban J connectivity index is 1.43. The number of benzene rings is 2. The molecule has 1 fully saturated rings. The van der Waals surface area contributed by atoms with Crippen LogP contribution in [-0.2, 0) is 4.74 Å². The topological polar surface area (TPSA) is 52.5 Å². The van der Waals surface area contributed by atoms with Gasteiger partial charge in [0.15, 0.2) is 11.5 Å². The zero-order chi connectivity index (χ0) is 20.3. The Kier molecular flexibility index (Phi) is 3.84. The van der Waals surface area contributed by atoms with Crippen molar-refractivity contribution in [2.75, 3.05) is 19.8 Å². The van der Waals surface area contributed by atoms with Crippen LogP contribution in [0.1, 0.15) is 50.3 Å². The van der Waals surface area contributed by atoms with E-state index in [0.717, 1.165) is 47.8 Å². The first-order valence-electron chi connectivity index (χ1n) is 10.7. The molecule has 6 heteroatoms. The molecule has 0 bridgehead atoms. The normalized spacial score (nSPS) is 28.4. The van der Waals surface area contributed by atoms with Crippen LogP contribution in [0.2, 0.25) is 0 Å². The number of rotatable bonds is 1. The fourth-order valence-corrected chi connectivity index (χ4v) is 5.20. The predicted molar refractivity (Wildman–Crippen MR) is 112 cm³/mol. The molecule has 0 aliphatic carbocycles. The minimum absolute atomic E-state index is 0.159. The Labute approximate surface area is 176 Å². The van der Waals surface area contributed by atoms with Crippen LogP contribution in [0, 0.1) is 0 Å². The number of ether oxygens (including phenoxy) is 4. The molecule has 0 N–H and O–H groups in total. The second-order valence-electron chi connectivity index (χ2n) is 9.09. The van der Waals surface area contributed by atoms with Gasteiger partial charge >= 0.3 is 0 Å². The van der Waals surface area contributed by atoms with E-state index in [1.165, 1.54) is 5.56 Å². The van der Waals surface area contributed by atoms with E-state index in [1.54, 1.807) is 0 Å². The Morgan fingerprint density at radius 3 is 2.67 bits per heavy atom. The molecule has 0 saturated carbocycles. The van der Waals surface area contributed by atoms with Crippen LogP contribution in [-0.4, -0.2) is 41.9 Å². The van der Waals surface area contributed by atoms with Crippen LogP contribution in [0.25, 0.3) is 0 Å². The van der Waals surface area contributed by atoms with Crippen molar-refractivity contribution in [2.24, 2.45) is 5.10 Å². The fraction of sp³-hybridized carbons (Fsp3) is 0.458. The molecule has 4 aliphatic heterocycles. The van der Waals surface area contributed by atoms with Crippen molar-refractivity contribution in [1.82, 2.24) is 5.01 Å². The molecule has 6 nitrogen and oxygen atoms in total. The van der Waals surface area contributed by atoms with E-state index in [0.29, 0.717) is 19.8 Å². The summed E-state index contributed by atoms with van der Waals surface area (Å²) in [7, 11) is 0. The summed E-state index contributed by atoms with van der Waals surface area (Å²) in [4.78, 5) is 0. The van der Waals surface area contributed by atoms with Gasteiger partial charge in [0.25, 0.3) is 0 Å². The van der Waals surface area contributed by atoms with Crippen molar-refractivity contribution in [1.29, 1.82) is 0 Å². The van der Waals surface area contributed by atoms with E-state index < -0.39 is 5.72 Å². The van der Waals surface area contributed by atoms with Crippen molar-refractivity contribution >= 4 is 5.71 Å². The highest BCUT2D eigenvalue weighted by molar-refractivity contribution is 6.02. The molecule has 6 rings (SSSR count). The molecule has 2 atom stereocenters. The monoisotopic (exact) mass is 406 g/mol. The smallest absolute Gasteiger partial charge is 0.203 e. The summed E-state index contributed by atoms with van der Waals surface area (Å²) in [6.07, 6.45) is 2.39. The van der Waals surface area contributed by atoms with Gasteiger partial charge in [-0.15, -0.1) is 0 Å². The molecular formula is C24H26N2O4. The molecule has 0 unspecified atom stereocenters. The van der Waals surface area contributed by atoms with E-state index in [2.05, 4.69) is 49.2 Å². The third-order valence-electron chi connectivity index (χ3n) is 6.47.